The smallest absolute Gasteiger partial charge is 0.0708 e. The molecule has 234 valence electrons. The Morgan fingerprint density at radius 2 is 0.620 bits per heavy atom. The van der Waals surface area contributed by atoms with Crippen LogP contribution in [0.25, 0.3) is 88.6 Å². The Balaban J connectivity index is 0.962. The molecule has 0 aliphatic heterocycles. The summed E-state index contributed by atoms with van der Waals surface area (Å²) >= 11 is 0. The summed E-state index contributed by atoms with van der Waals surface area (Å²) in [6.45, 7) is 0. The largest absolute Gasteiger partial charge is 0.309 e. The van der Waals surface area contributed by atoms with E-state index in [4.69, 9.17) is 9.97 Å². The summed E-state index contributed by atoms with van der Waals surface area (Å²) in [7, 11) is 0. The van der Waals surface area contributed by atoms with Gasteiger partial charge in [-0.05, 0) is 83.9 Å². The molecule has 4 aromatic heterocycles. The lowest BCUT2D eigenvalue weighted by Crippen LogP contribution is -1.94. The van der Waals surface area contributed by atoms with E-state index >= 15 is 0 Å². The number of rotatable bonds is 5. The fourth-order valence-corrected chi connectivity index (χ4v) is 7.50. The van der Waals surface area contributed by atoms with Crippen LogP contribution in [-0.2, 0) is 0 Å². The monoisotopic (exact) mass is 638 g/mol. The number of aromatic nitrogens is 4. The van der Waals surface area contributed by atoms with Gasteiger partial charge in [0.05, 0.1) is 33.5 Å². The third-order valence-electron chi connectivity index (χ3n) is 9.86. The van der Waals surface area contributed by atoms with Gasteiger partial charge in [0.2, 0.25) is 0 Å². The van der Waals surface area contributed by atoms with Crippen LogP contribution in [0.2, 0.25) is 0 Å². The zero-order valence-corrected chi connectivity index (χ0v) is 27.1. The van der Waals surface area contributed by atoms with Gasteiger partial charge in [0.15, 0.2) is 0 Å². The molecule has 4 heteroatoms. The summed E-state index contributed by atoms with van der Waals surface area (Å²) in [5, 5.41) is 5.05. The fraction of sp³-hybridized carbons (Fsp3) is 0. The van der Waals surface area contributed by atoms with Crippen LogP contribution in [0.5, 0.6) is 0 Å². The van der Waals surface area contributed by atoms with Gasteiger partial charge in [0.1, 0.15) is 0 Å². The molecule has 0 aliphatic rings. The normalized spacial score (nSPS) is 11.6. The van der Waals surface area contributed by atoms with Gasteiger partial charge in [-0.1, -0.05) is 97.1 Å². The molecule has 0 saturated carbocycles. The highest BCUT2D eigenvalue weighted by molar-refractivity contribution is 6.10. The standard InChI is InChI=1S/C46H30N4/c1-5-13-43-37(9-1)38-10-2-6-14-44(38)49(43)35-21-17-31(18-22-35)41-29-33(25-27-47-41)34-26-28-48-42(30-34)32-19-23-36(24-20-32)50-45-15-7-3-11-39(45)40-12-4-8-16-46(40)50/h1-30H. The van der Waals surface area contributed by atoms with E-state index in [1.54, 1.807) is 0 Å². The van der Waals surface area contributed by atoms with Crippen molar-refractivity contribution in [2.24, 2.45) is 0 Å². The lowest BCUT2D eigenvalue weighted by atomic mass is 10.0. The summed E-state index contributed by atoms with van der Waals surface area (Å²) in [6.07, 6.45) is 3.79. The third kappa shape index (κ3) is 4.54. The Morgan fingerprint density at radius 3 is 0.960 bits per heavy atom. The molecule has 0 saturated heterocycles. The molecule has 50 heavy (non-hydrogen) atoms. The highest BCUT2D eigenvalue weighted by atomic mass is 15.0. The molecule has 4 nitrogen and oxygen atoms in total. The fourth-order valence-electron chi connectivity index (χ4n) is 7.50. The number of para-hydroxylation sites is 4. The minimum absolute atomic E-state index is 0.935. The van der Waals surface area contributed by atoms with Crippen LogP contribution in [0.4, 0.5) is 0 Å². The van der Waals surface area contributed by atoms with Crippen molar-refractivity contribution in [2.45, 2.75) is 0 Å². The van der Waals surface area contributed by atoms with E-state index in [1.165, 1.54) is 43.6 Å². The molecule has 0 radical (unpaired) electrons. The maximum atomic E-state index is 4.76. The van der Waals surface area contributed by atoms with Gasteiger partial charge in [0.25, 0.3) is 0 Å². The van der Waals surface area contributed by atoms with E-state index in [0.29, 0.717) is 0 Å². The predicted molar refractivity (Wildman–Crippen MR) is 207 cm³/mol. The highest BCUT2D eigenvalue weighted by Gasteiger charge is 2.14. The van der Waals surface area contributed by atoms with Crippen LogP contribution in [0.1, 0.15) is 0 Å². The Labute approximate surface area is 289 Å². The molecular weight excluding hydrogens is 609 g/mol. The Kier molecular flexibility index (Phi) is 6.46. The van der Waals surface area contributed by atoms with Gasteiger partial charge in [-0.2, -0.15) is 0 Å². The van der Waals surface area contributed by atoms with E-state index in [-0.39, 0.29) is 0 Å². The van der Waals surface area contributed by atoms with Crippen LogP contribution in [0.3, 0.4) is 0 Å². The SMILES string of the molecule is c1ccc2c(c1)c1ccccc1n2-c1ccc(-c2cc(-c3ccnc(-c4ccc(-n5c6ccccc6c6ccccc65)cc4)c3)ccn2)cc1. The van der Waals surface area contributed by atoms with E-state index in [1.807, 2.05) is 12.4 Å². The van der Waals surface area contributed by atoms with Gasteiger partial charge in [0, 0.05) is 56.4 Å². The van der Waals surface area contributed by atoms with Crippen molar-refractivity contribution >= 4 is 43.6 Å². The number of hydrogen-bond acceptors (Lipinski definition) is 2. The average molecular weight is 639 g/mol. The Morgan fingerprint density at radius 1 is 0.300 bits per heavy atom. The van der Waals surface area contributed by atoms with Crippen LogP contribution < -0.4 is 0 Å². The van der Waals surface area contributed by atoms with Gasteiger partial charge in [-0.3, -0.25) is 9.97 Å². The van der Waals surface area contributed by atoms with Crippen molar-refractivity contribution in [1.29, 1.82) is 0 Å². The maximum absolute atomic E-state index is 4.76. The van der Waals surface area contributed by atoms with Crippen molar-refractivity contribution in [3.05, 3.63) is 182 Å². The van der Waals surface area contributed by atoms with Crippen LogP contribution >= 0.6 is 0 Å². The second-order valence-electron chi connectivity index (χ2n) is 12.7. The lowest BCUT2D eigenvalue weighted by molar-refractivity contribution is 1.18. The minimum atomic E-state index is 0.935. The quantitative estimate of drug-likeness (QED) is 0.188. The van der Waals surface area contributed by atoms with Crippen molar-refractivity contribution in [3.8, 4) is 45.0 Å². The zero-order chi connectivity index (χ0) is 33.0. The first-order chi connectivity index (χ1) is 24.8. The van der Waals surface area contributed by atoms with Crippen molar-refractivity contribution in [1.82, 2.24) is 19.1 Å². The van der Waals surface area contributed by atoms with Crippen molar-refractivity contribution in [2.75, 3.05) is 0 Å². The number of nitrogens with zero attached hydrogens (tertiary/aromatic N) is 4. The first-order valence-corrected chi connectivity index (χ1v) is 16.9. The van der Waals surface area contributed by atoms with Gasteiger partial charge in [-0.15, -0.1) is 0 Å². The van der Waals surface area contributed by atoms with Crippen LogP contribution in [0, 0.1) is 0 Å². The van der Waals surface area contributed by atoms with E-state index < -0.39 is 0 Å². The Bertz CT molecular complexity index is 2550. The van der Waals surface area contributed by atoms with Crippen LogP contribution in [0.15, 0.2) is 182 Å². The third-order valence-corrected chi connectivity index (χ3v) is 9.86. The molecule has 4 heterocycles. The van der Waals surface area contributed by atoms with Crippen LogP contribution in [-0.4, -0.2) is 19.1 Å². The summed E-state index contributed by atoms with van der Waals surface area (Å²) in [5.74, 6) is 0. The molecule has 0 atom stereocenters. The summed E-state index contributed by atoms with van der Waals surface area (Å²) < 4.78 is 4.68. The molecule has 0 N–H and O–H groups in total. The van der Waals surface area contributed by atoms with E-state index in [2.05, 4.69) is 179 Å². The second-order valence-corrected chi connectivity index (χ2v) is 12.7. The first-order valence-electron chi connectivity index (χ1n) is 16.9. The van der Waals surface area contributed by atoms with Gasteiger partial charge < -0.3 is 9.13 Å². The second kappa shape index (κ2) is 11.4. The number of benzene rings is 6. The molecule has 0 aliphatic carbocycles. The molecule has 0 amide bonds. The Hall–Kier alpha value is -6.78. The van der Waals surface area contributed by atoms with Crippen molar-refractivity contribution in [3.63, 3.8) is 0 Å². The zero-order valence-electron chi connectivity index (χ0n) is 27.1. The molecule has 0 bridgehead atoms. The molecule has 0 spiro atoms. The number of pyridine rings is 2. The topological polar surface area (TPSA) is 35.6 Å². The first kappa shape index (κ1) is 28.3. The number of hydrogen-bond donors (Lipinski definition) is 0. The number of fused-ring (bicyclic) bond motifs is 6. The molecular formula is C46H30N4. The molecule has 0 fully saturated rings. The van der Waals surface area contributed by atoms with E-state index in [0.717, 1.165) is 45.0 Å². The highest BCUT2D eigenvalue weighted by Crippen LogP contribution is 2.35. The molecule has 10 rings (SSSR count). The maximum Gasteiger partial charge on any atom is 0.0708 e. The molecule has 6 aromatic carbocycles. The molecule has 0 unspecified atom stereocenters. The van der Waals surface area contributed by atoms with Crippen molar-refractivity contribution < 1.29 is 0 Å². The van der Waals surface area contributed by atoms with E-state index in [9.17, 15) is 0 Å². The predicted octanol–water partition coefficient (Wildman–Crippen LogP) is 11.7. The summed E-state index contributed by atoms with van der Waals surface area (Å²) in [4.78, 5) is 9.52. The molecule has 10 aromatic rings. The van der Waals surface area contributed by atoms with Gasteiger partial charge >= 0.3 is 0 Å². The summed E-state index contributed by atoms with van der Waals surface area (Å²) in [5.41, 5.74) is 13.3. The minimum Gasteiger partial charge on any atom is -0.309 e. The van der Waals surface area contributed by atoms with Gasteiger partial charge in [-0.25, -0.2) is 0 Å². The average Bonchev–Trinajstić information content (AvgIpc) is 3.71. The summed E-state index contributed by atoms with van der Waals surface area (Å²) in [6, 6.07) is 60.3. The lowest BCUT2D eigenvalue weighted by Gasteiger charge is -2.11.